The van der Waals surface area contributed by atoms with Gasteiger partial charge < -0.3 is 71.6 Å². The Morgan fingerprint density at radius 3 is 1.93 bits per heavy atom. The fraction of sp³-hybridized carbons (Fsp3) is 0.892. The minimum atomic E-state index is -1.83. The molecule has 2 fully saturated rings. The van der Waals surface area contributed by atoms with Crippen LogP contribution in [-0.2, 0) is 33.4 Å². The van der Waals surface area contributed by atoms with Gasteiger partial charge in [0.25, 0.3) is 0 Å². The molecule has 320 valence electrons. The molecule has 12 atom stereocenters. The number of nitrogens with one attached hydrogen (secondary N) is 3. The molecule has 2 rings (SSSR count). The number of ether oxygens (including phenoxy) is 3. The number of carbonyl (C=O) groups excluding carboxylic acids is 4. The average molecular weight is 793 g/mol. The van der Waals surface area contributed by atoms with Crippen molar-refractivity contribution >= 4 is 23.5 Å². The number of amides is 3. The number of nitrogens with two attached hydrogens (primary N) is 1. The molecule has 0 bridgehead atoms. The zero-order valence-electron chi connectivity index (χ0n) is 32.6. The maximum atomic E-state index is 12.9. The molecule has 18 nitrogen and oxygen atoms in total. The van der Waals surface area contributed by atoms with E-state index in [-0.39, 0.29) is 30.4 Å². The van der Waals surface area contributed by atoms with Gasteiger partial charge in [0.1, 0.15) is 48.8 Å². The highest BCUT2D eigenvalue weighted by Gasteiger charge is 2.50. The minimum Gasteiger partial charge on any atom is -0.394 e. The topological polar surface area (TPSA) is 300 Å². The summed E-state index contributed by atoms with van der Waals surface area (Å²) < 4.78 is 16.3. The van der Waals surface area contributed by atoms with Gasteiger partial charge in [-0.1, -0.05) is 72.1 Å². The lowest BCUT2D eigenvalue weighted by molar-refractivity contribution is -0.343. The predicted molar refractivity (Wildman–Crippen MR) is 198 cm³/mol. The van der Waals surface area contributed by atoms with Gasteiger partial charge in [-0.2, -0.15) is 0 Å². The van der Waals surface area contributed by atoms with Crippen LogP contribution in [0.2, 0.25) is 0 Å². The Balaban J connectivity index is 1.77. The van der Waals surface area contributed by atoms with Crippen molar-refractivity contribution in [3.63, 3.8) is 0 Å². The van der Waals surface area contributed by atoms with Crippen molar-refractivity contribution in [2.45, 2.75) is 184 Å². The van der Waals surface area contributed by atoms with E-state index in [2.05, 4.69) is 22.9 Å². The Morgan fingerprint density at radius 1 is 0.709 bits per heavy atom. The first kappa shape index (κ1) is 48.8. The molecule has 2 heterocycles. The number of carbonyl (C=O) groups is 4. The van der Waals surface area contributed by atoms with Crippen LogP contribution in [-0.4, -0.2) is 152 Å². The largest absolute Gasteiger partial charge is 0.394 e. The van der Waals surface area contributed by atoms with E-state index in [0.717, 1.165) is 19.3 Å². The van der Waals surface area contributed by atoms with E-state index in [1.807, 2.05) is 0 Å². The first-order chi connectivity index (χ1) is 26.2. The second-order valence-corrected chi connectivity index (χ2v) is 15.0. The van der Waals surface area contributed by atoms with Crippen LogP contribution < -0.4 is 21.7 Å². The number of Topliss-reactive ketones (excluding diaryl/α,β-unsaturated/α-hetero) is 1. The van der Waals surface area contributed by atoms with Crippen molar-refractivity contribution in [3.05, 3.63) is 0 Å². The summed E-state index contributed by atoms with van der Waals surface area (Å²) in [5.41, 5.74) is 6.06. The van der Waals surface area contributed by atoms with Crippen molar-refractivity contribution in [2.24, 2.45) is 11.7 Å². The highest BCUT2D eigenvalue weighted by Crippen LogP contribution is 2.29. The summed E-state index contributed by atoms with van der Waals surface area (Å²) in [5, 5.41) is 79.0. The minimum absolute atomic E-state index is 0.183. The third-order valence-electron chi connectivity index (χ3n) is 10.1. The number of hydrogen-bond donors (Lipinski definition) is 11. The normalized spacial score (nSPS) is 29.4. The zero-order chi connectivity index (χ0) is 41.1. The molecule has 2 aliphatic heterocycles. The Labute approximate surface area is 323 Å². The average Bonchev–Trinajstić information content (AvgIpc) is 3.16. The maximum absolute atomic E-state index is 12.9. The molecule has 0 aromatic rings. The fourth-order valence-electron chi connectivity index (χ4n) is 6.57. The third kappa shape index (κ3) is 16.2. The lowest BCUT2D eigenvalue weighted by Gasteiger charge is -2.46. The Hall–Kier alpha value is -2.36. The molecule has 0 aliphatic carbocycles. The van der Waals surface area contributed by atoms with Gasteiger partial charge in [0, 0.05) is 25.3 Å². The smallest absolute Gasteiger partial charge is 0.236 e. The predicted octanol–water partition coefficient (Wildman–Crippen LogP) is -1.64. The summed E-state index contributed by atoms with van der Waals surface area (Å²) in [4.78, 5) is 50.9. The van der Waals surface area contributed by atoms with Gasteiger partial charge in [0.05, 0.1) is 25.3 Å². The van der Waals surface area contributed by atoms with Crippen molar-refractivity contribution < 1.29 is 69.1 Å². The van der Waals surface area contributed by atoms with E-state index in [9.17, 15) is 54.9 Å². The summed E-state index contributed by atoms with van der Waals surface area (Å²) in [6.07, 6.45) is -5.76. The Kier molecular flexibility index (Phi) is 22.9. The van der Waals surface area contributed by atoms with Crippen molar-refractivity contribution in [2.75, 3.05) is 19.8 Å². The van der Waals surface area contributed by atoms with Gasteiger partial charge in [-0.15, -0.1) is 0 Å². The van der Waals surface area contributed by atoms with Crippen LogP contribution in [0.4, 0.5) is 0 Å². The van der Waals surface area contributed by atoms with Crippen LogP contribution >= 0.6 is 0 Å². The van der Waals surface area contributed by atoms with E-state index >= 15 is 0 Å². The zero-order valence-corrected chi connectivity index (χ0v) is 32.6. The number of aliphatic hydroxyl groups excluding tert-OH is 7. The van der Waals surface area contributed by atoms with Gasteiger partial charge in [0.2, 0.25) is 17.7 Å². The summed E-state index contributed by atoms with van der Waals surface area (Å²) >= 11 is 0. The molecule has 0 aromatic carbocycles. The molecule has 0 aromatic heterocycles. The molecule has 0 spiro atoms. The van der Waals surface area contributed by atoms with Crippen LogP contribution in [0.5, 0.6) is 0 Å². The van der Waals surface area contributed by atoms with Crippen LogP contribution in [0.3, 0.4) is 0 Å². The number of aliphatic hydroxyl groups is 7. The molecular weight excluding hydrogens is 724 g/mol. The first-order valence-corrected chi connectivity index (χ1v) is 19.9. The SMILES string of the molecule is CCCCCCCCCCC(N)C(=O)NCCCCC(NC(=O)CCC(=O)N[C@@H]1OC(CO)[C@H](O[C@@H]2OC(CO)[C@H](O)[C@H](O)C2O)[C@H](O)C1O)C(=O)C(C)C. The Morgan fingerprint density at radius 2 is 1.31 bits per heavy atom. The van der Waals surface area contributed by atoms with E-state index in [0.29, 0.717) is 32.2 Å². The molecule has 6 unspecified atom stereocenters. The van der Waals surface area contributed by atoms with E-state index in [1.165, 1.54) is 32.1 Å². The second kappa shape index (κ2) is 25.8. The third-order valence-corrected chi connectivity index (χ3v) is 10.1. The fourth-order valence-corrected chi connectivity index (χ4v) is 6.57. The number of ketones is 1. The summed E-state index contributed by atoms with van der Waals surface area (Å²) in [5.74, 6) is -2.08. The lowest BCUT2D eigenvalue weighted by Crippen LogP contribution is -2.66. The number of hydrogen-bond acceptors (Lipinski definition) is 15. The molecule has 12 N–H and O–H groups in total. The maximum Gasteiger partial charge on any atom is 0.236 e. The molecular formula is C37H68N4O14. The molecule has 2 aliphatic rings. The molecule has 2 saturated heterocycles. The van der Waals surface area contributed by atoms with Crippen LogP contribution in [0.1, 0.15) is 111 Å². The van der Waals surface area contributed by atoms with E-state index in [4.69, 9.17) is 19.9 Å². The highest BCUT2D eigenvalue weighted by atomic mass is 16.7. The van der Waals surface area contributed by atoms with Crippen molar-refractivity contribution in [3.8, 4) is 0 Å². The van der Waals surface area contributed by atoms with E-state index < -0.39 is 98.5 Å². The summed E-state index contributed by atoms with van der Waals surface area (Å²) in [6.45, 7) is 4.47. The van der Waals surface area contributed by atoms with Gasteiger partial charge in [-0.25, -0.2) is 0 Å². The van der Waals surface area contributed by atoms with Crippen LogP contribution in [0.15, 0.2) is 0 Å². The number of rotatable bonds is 26. The molecule has 55 heavy (non-hydrogen) atoms. The molecule has 0 saturated carbocycles. The van der Waals surface area contributed by atoms with Gasteiger partial charge in [0.15, 0.2) is 18.3 Å². The van der Waals surface area contributed by atoms with E-state index in [1.54, 1.807) is 13.8 Å². The summed E-state index contributed by atoms with van der Waals surface area (Å²) in [7, 11) is 0. The van der Waals surface area contributed by atoms with Crippen molar-refractivity contribution in [1.82, 2.24) is 16.0 Å². The van der Waals surface area contributed by atoms with Crippen molar-refractivity contribution in [1.29, 1.82) is 0 Å². The second-order valence-electron chi connectivity index (χ2n) is 15.0. The van der Waals surface area contributed by atoms with Crippen LogP contribution in [0, 0.1) is 5.92 Å². The van der Waals surface area contributed by atoms with Gasteiger partial charge in [-0.3, -0.25) is 19.2 Å². The quantitative estimate of drug-likeness (QED) is 0.0438. The summed E-state index contributed by atoms with van der Waals surface area (Å²) in [6, 6.07) is -1.38. The Bertz CT molecular complexity index is 1150. The lowest BCUT2D eigenvalue weighted by atomic mass is 9.96. The first-order valence-electron chi connectivity index (χ1n) is 19.9. The number of unbranched alkanes of at least 4 members (excludes halogenated alkanes) is 8. The van der Waals surface area contributed by atoms with Gasteiger partial charge in [-0.05, 0) is 25.7 Å². The monoisotopic (exact) mass is 792 g/mol. The molecule has 3 amide bonds. The van der Waals surface area contributed by atoms with Crippen LogP contribution in [0.25, 0.3) is 0 Å². The molecule has 0 radical (unpaired) electrons. The highest BCUT2D eigenvalue weighted by molar-refractivity contribution is 5.91. The molecule has 18 heteroatoms. The standard InChI is InChI=1S/C37H68N4O14/c1-4-5-6-7-8-9-10-11-14-22(38)35(52)39-18-13-12-15-23(28(46)21(2)3)40-26(44)16-17-27(45)41-36-32(50)31(49)34(25(20-43)53-36)55-37-33(51)30(48)29(47)24(19-42)54-37/h21-25,29-34,36-37,42-43,47-51H,4-20,38H2,1-3H3,(H,39,52)(H,40,44)(H,41,45)/t22?,23?,24?,25?,29-,30-,31+,32?,33?,34-,36+,37-/m0/s1. The van der Waals surface area contributed by atoms with Gasteiger partial charge >= 0.3 is 0 Å².